The van der Waals surface area contributed by atoms with Crippen LogP contribution in [0.2, 0.25) is 5.02 Å². The molecule has 2 aromatic carbocycles. The fourth-order valence-electron chi connectivity index (χ4n) is 3.66. The van der Waals surface area contributed by atoms with Crippen molar-refractivity contribution in [1.82, 2.24) is 25.0 Å². The molecule has 0 saturated carbocycles. The van der Waals surface area contributed by atoms with Gasteiger partial charge in [0.15, 0.2) is 14.9 Å². The van der Waals surface area contributed by atoms with Crippen molar-refractivity contribution >= 4 is 68.4 Å². The third-order valence-corrected chi connectivity index (χ3v) is 10.3. The van der Waals surface area contributed by atoms with E-state index in [1.807, 2.05) is 6.07 Å². The Balaban J connectivity index is 0.000000329. The number of rotatable bonds is 14. The molecule has 0 saturated heterocycles. The summed E-state index contributed by atoms with van der Waals surface area (Å²) >= 11 is 5.94. The number of nitrogens with two attached hydrogens (primary N) is 1. The Labute approximate surface area is 323 Å². The maximum Gasteiger partial charge on any atom is 0.339 e. The number of nitro benzene ring substituents is 1. The Morgan fingerprint density at radius 3 is 2.12 bits per heavy atom. The van der Waals surface area contributed by atoms with Crippen LogP contribution in [0.4, 0.5) is 22.1 Å². The van der Waals surface area contributed by atoms with Crippen LogP contribution in [-0.4, -0.2) is 96.4 Å². The van der Waals surface area contributed by atoms with E-state index in [1.54, 1.807) is 29.0 Å². The summed E-state index contributed by atoms with van der Waals surface area (Å²) in [4.78, 5) is 59.0. The van der Waals surface area contributed by atoms with Gasteiger partial charge in [-0.3, -0.25) is 30.1 Å². The molecule has 27 heteroatoms. The van der Waals surface area contributed by atoms with Crippen LogP contribution in [0.3, 0.4) is 0 Å². The van der Waals surface area contributed by atoms with Crippen LogP contribution in [0, 0.1) is 10.1 Å². The fraction of sp³-hybridized carbons (Fsp3) is 0.207. The topological polar surface area (TPSA) is 352 Å². The second kappa shape index (κ2) is 20.8. The molecular weight excluding hydrogens is 831 g/mol. The van der Waals surface area contributed by atoms with Crippen LogP contribution >= 0.6 is 19.2 Å². The monoisotopic (exact) mass is 864 g/mol. The zero-order valence-corrected chi connectivity index (χ0v) is 32.5. The third-order valence-electron chi connectivity index (χ3n) is 6.14. The Bertz CT molecular complexity index is 2260. The first-order valence-electron chi connectivity index (χ1n) is 15.0. The van der Waals surface area contributed by atoms with Crippen LogP contribution in [-0.2, 0) is 29.2 Å². The number of para-hydroxylation sites is 1. The minimum Gasteiger partial charge on any atom is -0.481 e. The van der Waals surface area contributed by atoms with Gasteiger partial charge in [-0.05, 0) is 30.3 Å². The highest BCUT2D eigenvalue weighted by atomic mass is 35.5. The number of carbonyl (C=O) groups is 2. The Hall–Kier alpha value is -5.69. The smallest absolute Gasteiger partial charge is 0.339 e. The van der Waals surface area contributed by atoms with E-state index in [0.717, 1.165) is 12.3 Å². The summed E-state index contributed by atoms with van der Waals surface area (Å²) in [5.74, 6) is -0.805. The standard InChI is InChI=1S/C14H17N5O7S2.C12H9ClN2O3.C3H8NO5P/c1-4-27(21,22)9-6-5-7-15-12(9)28(23,24)19-14(20)18-13-16-10(25-2)8-11(17-13)26-3;13-11-10(18-8-4-2-1-3-5-8)7-6-9(12(11)14)15(16)17;5-3(6)1-4-2-10(7,8)9/h5-8H,4H2,1-3H3,(H2,16,17,18,19,20);1-7H,14H2;4H,1-2H2,(H,5,6)(H2,7,8,9). The van der Waals surface area contributed by atoms with Gasteiger partial charge in [-0.25, -0.2) is 22.9 Å². The number of ether oxygens (including phenoxy) is 3. The number of sulfonamides is 1. The molecule has 23 nitrogen and oxygen atoms in total. The summed E-state index contributed by atoms with van der Waals surface area (Å²) in [7, 11) is -9.94. The number of pyridine rings is 1. The molecule has 8 N–H and O–H groups in total. The molecule has 0 atom stereocenters. The predicted octanol–water partition coefficient (Wildman–Crippen LogP) is 2.61. The minimum absolute atomic E-state index is 0.0352. The number of halogens is 1. The number of hydrogen-bond acceptors (Lipinski definition) is 17. The number of aliphatic carboxylic acids is 1. The van der Waals surface area contributed by atoms with Gasteiger partial charge in [-0.1, -0.05) is 36.7 Å². The second-order valence-electron chi connectivity index (χ2n) is 10.2. The van der Waals surface area contributed by atoms with Gasteiger partial charge in [0, 0.05) is 12.3 Å². The first-order chi connectivity index (χ1) is 26.1. The van der Waals surface area contributed by atoms with E-state index in [-0.39, 0.29) is 45.6 Å². The molecule has 0 aliphatic rings. The van der Waals surface area contributed by atoms with Gasteiger partial charge in [0.25, 0.3) is 15.7 Å². The molecule has 0 aliphatic heterocycles. The lowest BCUT2D eigenvalue weighted by molar-refractivity contribution is -0.383. The normalized spacial score (nSPS) is 11.0. The van der Waals surface area contributed by atoms with Crippen molar-refractivity contribution in [2.75, 3.05) is 43.9 Å². The average molecular weight is 865 g/mol. The lowest BCUT2D eigenvalue weighted by Crippen LogP contribution is -2.36. The number of amides is 2. The number of nitrogen functional groups attached to an aromatic ring is 1. The quantitative estimate of drug-likeness (QED) is 0.0414. The molecule has 4 aromatic rings. The number of carbonyl (C=O) groups excluding carboxylic acids is 1. The number of aromatic nitrogens is 3. The molecule has 4 rings (SSSR count). The zero-order valence-electron chi connectivity index (χ0n) is 29.2. The van der Waals surface area contributed by atoms with E-state index < -0.39 is 67.1 Å². The van der Waals surface area contributed by atoms with Crippen molar-refractivity contribution in [2.45, 2.75) is 16.8 Å². The van der Waals surface area contributed by atoms with Crippen molar-refractivity contribution in [3.05, 3.63) is 82.0 Å². The number of carboxylic acid groups (broad SMARTS) is 1. The SMILES string of the molecule is CCS(=O)(=O)c1cccnc1S(=O)(=O)NC(=O)Nc1nc(OC)cc(OC)n1.Nc1c([N+](=O)[O-])ccc(Oc2ccccc2)c1Cl.O=C(O)CNCP(=O)(O)O. The zero-order chi connectivity index (χ0) is 42.3. The summed E-state index contributed by atoms with van der Waals surface area (Å²) in [5, 5.41) is 22.1. The van der Waals surface area contributed by atoms with Gasteiger partial charge in [0.05, 0.1) is 43.8 Å². The number of nitrogens with zero attached hydrogens (tertiary/aromatic N) is 4. The number of nitro groups is 1. The molecular formula is C29H34ClN8O15PS2. The van der Waals surface area contributed by atoms with E-state index in [4.69, 9.17) is 46.4 Å². The maximum absolute atomic E-state index is 12.5. The summed E-state index contributed by atoms with van der Waals surface area (Å²) < 4.78 is 76.2. The molecule has 0 fully saturated rings. The van der Waals surface area contributed by atoms with Crippen LogP contribution < -0.4 is 35.3 Å². The third kappa shape index (κ3) is 14.9. The summed E-state index contributed by atoms with van der Waals surface area (Å²) in [6.07, 6.45) is 0.497. The van der Waals surface area contributed by atoms with Crippen LogP contribution in [0.25, 0.3) is 0 Å². The number of urea groups is 1. The molecule has 0 bridgehead atoms. The van der Waals surface area contributed by atoms with Gasteiger partial charge in [0.2, 0.25) is 17.7 Å². The van der Waals surface area contributed by atoms with E-state index in [0.29, 0.717) is 5.75 Å². The number of methoxy groups -OCH3 is 2. The number of benzene rings is 2. The highest BCUT2D eigenvalue weighted by Gasteiger charge is 2.29. The first-order valence-corrected chi connectivity index (χ1v) is 20.4. The van der Waals surface area contributed by atoms with Gasteiger partial charge in [-0.15, -0.1) is 0 Å². The highest BCUT2D eigenvalue weighted by Crippen LogP contribution is 2.39. The lowest BCUT2D eigenvalue weighted by Gasteiger charge is -2.11. The maximum atomic E-state index is 12.5. The van der Waals surface area contributed by atoms with Gasteiger partial charge >= 0.3 is 19.6 Å². The molecule has 0 aliphatic carbocycles. The Kier molecular flexibility index (Phi) is 17.3. The molecule has 2 heterocycles. The first kappa shape index (κ1) is 46.5. The van der Waals surface area contributed by atoms with Crippen molar-refractivity contribution in [3.63, 3.8) is 0 Å². The highest BCUT2D eigenvalue weighted by molar-refractivity contribution is 7.93. The lowest BCUT2D eigenvalue weighted by atomic mass is 10.2. The fourth-order valence-corrected chi connectivity index (χ4v) is 6.81. The molecule has 0 unspecified atom stereocenters. The Morgan fingerprint density at radius 2 is 1.61 bits per heavy atom. The van der Waals surface area contributed by atoms with E-state index in [9.17, 15) is 41.1 Å². The van der Waals surface area contributed by atoms with Crippen molar-refractivity contribution in [2.24, 2.45) is 0 Å². The van der Waals surface area contributed by atoms with Crippen molar-refractivity contribution in [1.29, 1.82) is 0 Å². The van der Waals surface area contributed by atoms with Crippen LogP contribution in [0.1, 0.15) is 6.92 Å². The van der Waals surface area contributed by atoms with E-state index in [2.05, 4.69) is 25.6 Å². The number of anilines is 2. The molecule has 0 radical (unpaired) electrons. The minimum atomic E-state index is -4.61. The van der Waals surface area contributed by atoms with Crippen LogP contribution in [0.5, 0.6) is 23.3 Å². The van der Waals surface area contributed by atoms with Crippen molar-refractivity contribution in [3.8, 4) is 23.3 Å². The molecule has 2 amide bonds. The molecule has 56 heavy (non-hydrogen) atoms. The van der Waals surface area contributed by atoms with Gasteiger partial charge < -0.3 is 34.8 Å². The number of sulfone groups is 1. The van der Waals surface area contributed by atoms with Gasteiger partial charge in [0.1, 0.15) is 27.1 Å². The van der Waals surface area contributed by atoms with E-state index >= 15 is 0 Å². The van der Waals surface area contributed by atoms with Gasteiger partial charge in [-0.2, -0.15) is 18.4 Å². The number of carboxylic acids is 1. The number of nitrogens with one attached hydrogen (secondary N) is 3. The molecule has 304 valence electrons. The summed E-state index contributed by atoms with van der Waals surface area (Å²) in [6, 6.07) is 14.1. The van der Waals surface area contributed by atoms with Crippen molar-refractivity contribution < 1.29 is 65.0 Å². The Morgan fingerprint density at radius 1 is 1.00 bits per heavy atom. The molecule has 2 aromatic heterocycles. The second-order valence-corrected chi connectivity index (χ2v) is 16.0. The number of hydrogen-bond donors (Lipinski definition) is 7. The average Bonchev–Trinajstić information content (AvgIpc) is 3.13. The predicted molar refractivity (Wildman–Crippen MR) is 198 cm³/mol. The van der Waals surface area contributed by atoms with E-state index in [1.165, 1.54) is 45.4 Å². The van der Waals surface area contributed by atoms with Crippen LogP contribution in [0.15, 0.2) is 76.8 Å². The summed E-state index contributed by atoms with van der Waals surface area (Å²) in [5.41, 5.74) is 5.25. The largest absolute Gasteiger partial charge is 0.481 e. The molecule has 0 spiro atoms. The summed E-state index contributed by atoms with van der Waals surface area (Å²) in [6.45, 7) is 0.914.